The minimum atomic E-state index is -0.748. The summed E-state index contributed by atoms with van der Waals surface area (Å²) in [6.45, 7) is 5.48. The van der Waals surface area contributed by atoms with Gasteiger partial charge in [-0.15, -0.1) is 0 Å². The normalized spacial score (nSPS) is 12.0. The molecular weight excluding hydrogens is 715 g/mol. The highest BCUT2D eigenvalue weighted by Gasteiger charge is 2.17. The Kier molecular flexibility index (Phi) is 49.3. The monoisotopic (exact) mass is 820 g/mol. The van der Waals surface area contributed by atoms with E-state index in [-0.39, 0.29) is 18.8 Å². The van der Waals surface area contributed by atoms with E-state index in [2.05, 4.69) is 13.8 Å². The Bertz CT molecular complexity index is 803. The second-order valence-electron chi connectivity index (χ2n) is 18.4. The summed E-state index contributed by atoms with van der Waals surface area (Å²) in [6, 6.07) is -0.748. The largest absolute Gasteiger partial charge is 0.466 e. The van der Waals surface area contributed by atoms with Gasteiger partial charge in [0.05, 0.1) is 13.2 Å². The van der Waals surface area contributed by atoms with Crippen LogP contribution in [0.2, 0.25) is 0 Å². The first-order chi connectivity index (χ1) is 28.6. The predicted octanol–water partition coefficient (Wildman–Crippen LogP) is 17.4. The molecule has 0 aliphatic heterocycles. The molecule has 0 unspecified atom stereocenters. The Balaban J connectivity index is 3.32. The van der Waals surface area contributed by atoms with Crippen LogP contribution in [0.4, 0.5) is 0 Å². The smallest absolute Gasteiger partial charge is 0.322 e. The van der Waals surface area contributed by atoms with Crippen LogP contribution < -0.4 is 5.73 Å². The molecule has 0 aliphatic carbocycles. The van der Waals surface area contributed by atoms with E-state index < -0.39 is 12.0 Å². The fourth-order valence-electron chi connectivity index (χ4n) is 8.35. The predicted molar refractivity (Wildman–Crippen MR) is 254 cm³/mol. The molecule has 0 aliphatic rings. The number of rotatable bonds is 50. The lowest BCUT2D eigenvalue weighted by molar-refractivity contribution is -0.146. The molecule has 2 N–H and O–H groups in total. The zero-order valence-corrected chi connectivity index (χ0v) is 39.7. The van der Waals surface area contributed by atoms with Crippen molar-refractivity contribution in [1.82, 2.24) is 0 Å². The molecule has 0 amide bonds. The third-order valence-electron chi connectivity index (χ3n) is 12.5. The highest BCUT2D eigenvalue weighted by atomic mass is 16.5. The fraction of sp³-hybridized carbons (Fsp3) is 0.962. The van der Waals surface area contributed by atoms with Gasteiger partial charge >= 0.3 is 11.9 Å². The first-order valence-electron chi connectivity index (χ1n) is 26.7. The lowest BCUT2D eigenvalue weighted by atomic mass is 10.0. The van der Waals surface area contributed by atoms with Gasteiger partial charge in [-0.3, -0.25) is 9.59 Å². The van der Waals surface area contributed by atoms with Crippen LogP contribution in [0.1, 0.15) is 309 Å². The van der Waals surface area contributed by atoms with Crippen LogP contribution in [-0.2, 0) is 19.1 Å². The van der Waals surface area contributed by atoms with Crippen LogP contribution in [0.5, 0.6) is 0 Å². The minimum absolute atomic E-state index is 0.176. The van der Waals surface area contributed by atoms with Crippen molar-refractivity contribution in [2.24, 2.45) is 5.73 Å². The number of nitrogens with two attached hydrogens (primary N) is 1. The fourth-order valence-corrected chi connectivity index (χ4v) is 8.35. The van der Waals surface area contributed by atoms with E-state index in [4.69, 9.17) is 15.2 Å². The molecule has 0 bridgehead atoms. The van der Waals surface area contributed by atoms with Crippen molar-refractivity contribution < 1.29 is 19.1 Å². The van der Waals surface area contributed by atoms with Crippen LogP contribution in [0.25, 0.3) is 0 Å². The maximum absolute atomic E-state index is 12.2. The molecule has 0 aromatic heterocycles. The van der Waals surface area contributed by atoms with Gasteiger partial charge in [0.15, 0.2) is 0 Å². The van der Waals surface area contributed by atoms with E-state index in [1.165, 1.54) is 257 Å². The Morgan fingerprint density at radius 3 is 0.776 bits per heavy atom. The molecule has 0 saturated carbocycles. The Labute approximate surface area is 364 Å². The molecule has 0 heterocycles. The van der Waals surface area contributed by atoms with Crippen LogP contribution in [-0.4, -0.2) is 31.2 Å². The number of carbonyl (C=O) groups excluding carboxylic acids is 2. The maximum atomic E-state index is 12.2. The molecule has 58 heavy (non-hydrogen) atoms. The maximum Gasteiger partial charge on any atom is 0.322 e. The second kappa shape index (κ2) is 50.3. The van der Waals surface area contributed by atoms with Crippen molar-refractivity contribution in [3.8, 4) is 0 Å². The summed E-state index contributed by atoms with van der Waals surface area (Å²) < 4.78 is 10.8. The first kappa shape index (κ1) is 56.9. The Morgan fingerprint density at radius 2 is 0.534 bits per heavy atom. The van der Waals surface area contributed by atoms with Crippen molar-refractivity contribution in [2.75, 3.05) is 13.2 Å². The lowest BCUT2D eigenvalue weighted by Crippen LogP contribution is -2.33. The number of hydrogen-bond donors (Lipinski definition) is 1. The molecule has 0 fully saturated rings. The van der Waals surface area contributed by atoms with E-state index in [1.807, 2.05) is 0 Å². The second-order valence-corrected chi connectivity index (χ2v) is 18.4. The van der Waals surface area contributed by atoms with Crippen LogP contribution in [0.3, 0.4) is 0 Å². The van der Waals surface area contributed by atoms with E-state index in [9.17, 15) is 9.59 Å². The van der Waals surface area contributed by atoms with Crippen molar-refractivity contribution in [3.05, 3.63) is 0 Å². The van der Waals surface area contributed by atoms with Crippen molar-refractivity contribution in [1.29, 1.82) is 0 Å². The van der Waals surface area contributed by atoms with Gasteiger partial charge in [0.2, 0.25) is 0 Å². The van der Waals surface area contributed by atoms with Crippen LogP contribution in [0.15, 0.2) is 0 Å². The number of hydrogen-bond acceptors (Lipinski definition) is 5. The van der Waals surface area contributed by atoms with E-state index >= 15 is 0 Å². The minimum Gasteiger partial charge on any atom is -0.466 e. The molecule has 0 aromatic rings. The molecule has 5 nitrogen and oxygen atoms in total. The van der Waals surface area contributed by atoms with Gasteiger partial charge in [-0.05, 0) is 19.3 Å². The van der Waals surface area contributed by atoms with Crippen LogP contribution >= 0.6 is 0 Å². The van der Waals surface area contributed by atoms with Crippen LogP contribution in [0, 0.1) is 0 Å². The standard InChI is InChI=1S/C53H105NO4/c1-3-5-7-9-11-13-15-17-19-21-23-25-27-29-31-33-35-37-39-41-43-45-49-57-52(55)48-47-51(54)53(56)58-50-46-44-42-40-38-36-34-32-30-28-26-24-22-20-18-16-14-12-10-8-6-4-2/h51H,3-50,54H2,1-2H3/t51-/m0/s1. The Hall–Kier alpha value is -1.10. The zero-order chi connectivity index (χ0) is 42.1. The summed E-state index contributed by atoms with van der Waals surface area (Å²) in [5.74, 6) is -0.651. The molecule has 346 valence electrons. The first-order valence-corrected chi connectivity index (χ1v) is 26.7. The van der Waals surface area contributed by atoms with Gasteiger partial charge in [0, 0.05) is 6.42 Å². The highest BCUT2D eigenvalue weighted by Crippen LogP contribution is 2.17. The highest BCUT2D eigenvalue weighted by molar-refractivity contribution is 5.77. The molecule has 0 saturated heterocycles. The average Bonchev–Trinajstić information content (AvgIpc) is 3.23. The summed E-state index contributed by atoms with van der Waals surface area (Å²) in [7, 11) is 0. The van der Waals surface area contributed by atoms with Gasteiger partial charge in [0.1, 0.15) is 6.04 Å². The molecule has 0 spiro atoms. The van der Waals surface area contributed by atoms with E-state index in [1.54, 1.807) is 0 Å². The summed E-state index contributed by atoms with van der Waals surface area (Å²) in [4.78, 5) is 24.4. The van der Waals surface area contributed by atoms with E-state index in [0.29, 0.717) is 13.2 Å². The number of unbranched alkanes of at least 4 members (excludes halogenated alkanes) is 42. The quantitative estimate of drug-likeness (QED) is 0.0488. The van der Waals surface area contributed by atoms with Crippen molar-refractivity contribution in [2.45, 2.75) is 315 Å². The van der Waals surface area contributed by atoms with Crippen molar-refractivity contribution in [3.63, 3.8) is 0 Å². The molecule has 1 atom stereocenters. The van der Waals surface area contributed by atoms with Gasteiger partial charge < -0.3 is 15.2 Å². The third kappa shape index (κ3) is 47.6. The summed E-state index contributed by atoms with van der Waals surface area (Å²) in [5, 5.41) is 0. The summed E-state index contributed by atoms with van der Waals surface area (Å²) in [6.07, 6.45) is 60.5. The molecule has 5 heteroatoms. The third-order valence-corrected chi connectivity index (χ3v) is 12.5. The summed E-state index contributed by atoms with van der Waals surface area (Å²) in [5.41, 5.74) is 5.99. The van der Waals surface area contributed by atoms with Gasteiger partial charge in [-0.1, -0.05) is 284 Å². The van der Waals surface area contributed by atoms with Gasteiger partial charge in [-0.2, -0.15) is 0 Å². The molecule has 0 aromatic carbocycles. The van der Waals surface area contributed by atoms with Gasteiger partial charge in [0.25, 0.3) is 0 Å². The Morgan fingerprint density at radius 1 is 0.328 bits per heavy atom. The van der Waals surface area contributed by atoms with E-state index in [0.717, 1.165) is 25.7 Å². The molecule has 0 rings (SSSR count). The summed E-state index contributed by atoms with van der Waals surface area (Å²) >= 11 is 0. The zero-order valence-electron chi connectivity index (χ0n) is 39.7. The lowest BCUT2D eigenvalue weighted by Gasteiger charge is -2.11. The number of ether oxygens (including phenoxy) is 2. The van der Waals surface area contributed by atoms with Gasteiger partial charge in [-0.25, -0.2) is 0 Å². The molecular formula is C53H105NO4. The SMILES string of the molecule is CCCCCCCCCCCCCCCCCCCCCCCCOC(=O)CC[C@H](N)C(=O)OCCCCCCCCCCCCCCCCCCCCCCCC. The number of carbonyl (C=O) groups is 2. The molecule has 0 radical (unpaired) electrons. The topological polar surface area (TPSA) is 78.6 Å². The number of esters is 2. The average molecular weight is 820 g/mol. The van der Waals surface area contributed by atoms with Crippen molar-refractivity contribution >= 4 is 11.9 Å².